The lowest BCUT2D eigenvalue weighted by Gasteiger charge is -2.21. The third kappa shape index (κ3) is 3.22. The van der Waals surface area contributed by atoms with Crippen LogP contribution in [0.25, 0.3) is 44.3 Å². The largest absolute Gasteiger partial charge is 0.455 e. The minimum Gasteiger partial charge on any atom is -0.455 e. The van der Waals surface area contributed by atoms with Crippen LogP contribution in [0, 0.1) is 12.3 Å². The van der Waals surface area contributed by atoms with E-state index < -0.39 is 6.85 Å². The zero-order valence-corrected chi connectivity index (χ0v) is 20.4. The molecule has 4 aromatic carbocycles. The number of fused-ring (bicyclic) bond motifs is 5. The first-order valence-corrected chi connectivity index (χ1v) is 13.0. The fraction of sp³-hybridized carbons (Fsp3) is 0.171. The summed E-state index contributed by atoms with van der Waals surface area (Å²) in [4.78, 5) is 4.66. The van der Waals surface area contributed by atoms with E-state index >= 15 is 0 Å². The molecule has 178 valence electrons. The van der Waals surface area contributed by atoms with Gasteiger partial charge in [-0.1, -0.05) is 72.8 Å². The number of furan rings is 1. The average Bonchev–Trinajstić information content (AvgIpc) is 3.62. The Morgan fingerprint density at radius 2 is 1.43 bits per heavy atom. The summed E-state index contributed by atoms with van der Waals surface area (Å²) in [5, 5.41) is 2.08. The lowest BCUT2D eigenvalue weighted by atomic mass is 9.82. The molecule has 0 atom stereocenters. The van der Waals surface area contributed by atoms with Crippen LogP contribution >= 0.6 is 0 Å². The van der Waals surface area contributed by atoms with Crippen molar-refractivity contribution < 1.29 is 8.53 Å². The van der Waals surface area contributed by atoms with Gasteiger partial charge >= 0.3 is 0 Å². The number of para-hydroxylation sites is 2. The fourth-order valence-electron chi connectivity index (χ4n) is 6.81. The van der Waals surface area contributed by atoms with E-state index in [-0.39, 0.29) is 11.0 Å². The van der Waals surface area contributed by atoms with Crippen LogP contribution in [0.2, 0.25) is 0 Å². The number of rotatable bonds is 2. The van der Waals surface area contributed by atoms with E-state index in [0.29, 0.717) is 11.3 Å². The van der Waals surface area contributed by atoms with Crippen molar-refractivity contribution >= 4 is 21.9 Å². The summed E-state index contributed by atoms with van der Waals surface area (Å²) in [5.41, 5.74) is 10.9. The average molecular weight is 481 g/mol. The van der Waals surface area contributed by atoms with Crippen LogP contribution in [-0.4, -0.2) is 4.98 Å². The van der Waals surface area contributed by atoms with Gasteiger partial charge in [-0.15, -0.1) is 0 Å². The molecule has 0 unspecified atom stereocenters. The van der Waals surface area contributed by atoms with Crippen LogP contribution in [0.5, 0.6) is 0 Å². The Hall–Kier alpha value is -4.17. The van der Waals surface area contributed by atoms with E-state index in [1.54, 1.807) is 0 Å². The quantitative estimate of drug-likeness (QED) is 0.248. The zero-order valence-electron chi connectivity index (χ0n) is 23.4. The first-order valence-electron chi connectivity index (χ1n) is 14.5. The topological polar surface area (TPSA) is 26.0 Å². The number of hydrogen-bond acceptors (Lipinski definition) is 2. The Morgan fingerprint density at radius 1 is 0.703 bits per heavy atom. The molecule has 8 rings (SSSR count). The van der Waals surface area contributed by atoms with Crippen molar-refractivity contribution in [2.45, 2.75) is 32.5 Å². The van der Waals surface area contributed by atoms with Crippen LogP contribution in [0.15, 0.2) is 102 Å². The molecule has 0 N–H and O–H groups in total. The maximum atomic E-state index is 8.28. The minimum absolute atomic E-state index is 0.234. The summed E-state index contributed by atoms with van der Waals surface area (Å²) < 4.78 is 31.1. The molecule has 0 aliphatic heterocycles. The van der Waals surface area contributed by atoms with E-state index in [1.165, 1.54) is 28.5 Å². The van der Waals surface area contributed by atoms with Gasteiger partial charge < -0.3 is 4.42 Å². The number of aryl methyl sites for hydroxylation is 1. The third-order valence-electron chi connectivity index (χ3n) is 8.48. The molecule has 2 heteroatoms. The lowest BCUT2D eigenvalue weighted by Crippen LogP contribution is -2.21. The van der Waals surface area contributed by atoms with Gasteiger partial charge in [0.05, 0.1) is 5.69 Å². The Bertz CT molecular complexity index is 1940. The van der Waals surface area contributed by atoms with Gasteiger partial charge in [-0.2, -0.15) is 0 Å². The monoisotopic (exact) mass is 480 g/mol. The molecule has 1 spiro atoms. The highest BCUT2D eigenvalue weighted by atomic mass is 16.3. The van der Waals surface area contributed by atoms with Crippen molar-refractivity contribution in [1.29, 1.82) is 0 Å². The molecule has 0 radical (unpaired) electrons. The summed E-state index contributed by atoms with van der Waals surface area (Å²) in [6.07, 6.45) is 5.83. The normalized spacial score (nSPS) is 17.0. The third-order valence-corrected chi connectivity index (χ3v) is 8.48. The van der Waals surface area contributed by atoms with Gasteiger partial charge in [-0.25, -0.2) is 0 Å². The van der Waals surface area contributed by atoms with Gasteiger partial charge in [-0.3, -0.25) is 4.98 Å². The zero-order chi connectivity index (χ0) is 27.1. The number of aromatic nitrogens is 1. The van der Waals surface area contributed by atoms with E-state index in [9.17, 15) is 0 Å². The van der Waals surface area contributed by atoms with E-state index in [2.05, 4.69) is 59.6 Å². The van der Waals surface area contributed by atoms with E-state index in [4.69, 9.17) is 8.53 Å². The Balaban J connectivity index is 1.23. The Kier molecular flexibility index (Phi) is 3.76. The minimum atomic E-state index is -2.28. The van der Waals surface area contributed by atoms with Gasteiger partial charge in [0.2, 0.25) is 0 Å². The molecular weight excluding hydrogens is 450 g/mol. The first-order chi connectivity index (χ1) is 19.4. The predicted octanol–water partition coefficient (Wildman–Crippen LogP) is 8.51. The van der Waals surface area contributed by atoms with Gasteiger partial charge in [0.25, 0.3) is 0 Å². The molecule has 2 aliphatic carbocycles. The molecule has 0 bridgehead atoms. The van der Waals surface area contributed by atoms with Crippen molar-refractivity contribution in [2.75, 3.05) is 0 Å². The molecule has 2 aliphatic rings. The van der Waals surface area contributed by atoms with Gasteiger partial charge in [-0.05, 0) is 95.1 Å². The van der Waals surface area contributed by atoms with Crippen LogP contribution in [0.3, 0.4) is 0 Å². The standard InChI is InChI=1S/C35H27NO/c1-22-21-36-32(30-11-6-10-29-28-9-4-5-12-33(28)37-34(29)30)16-31(22)23-13-14-26-19-35(20-27(26)15-23)17-24-7-2-3-8-25(24)18-35/h2-16,21H,17-20H2,1H3/i1D3. The molecule has 37 heavy (non-hydrogen) atoms. The molecule has 6 aromatic rings. The molecule has 2 aromatic heterocycles. The summed E-state index contributed by atoms with van der Waals surface area (Å²) in [5.74, 6) is 0. The van der Waals surface area contributed by atoms with Crippen molar-refractivity contribution in [3.8, 4) is 22.4 Å². The highest BCUT2D eigenvalue weighted by molar-refractivity contribution is 6.09. The lowest BCUT2D eigenvalue weighted by molar-refractivity contribution is 0.326. The molecule has 0 saturated heterocycles. The van der Waals surface area contributed by atoms with Crippen molar-refractivity contribution in [2.24, 2.45) is 5.41 Å². The first kappa shape index (κ1) is 18.1. The Labute approximate surface area is 220 Å². The SMILES string of the molecule is [2H]C([2H])([2H])c1cnc(-c2cccc3c2oc2ccccc23)cc1-c1ccc2c(c1)CC1(Cc3ccccc3C1)C2. The van der Waals surface area contributed by atoms with Gasteiger partial charge in [0.15, 0.2) is 0 Å². The highest BCUT2D eigenvalue weighted by Crippen LogP contribution is 2.48. The molecule has 0 fully saturated rings. The van der Waals surface area contributed by atoms with Crippen molar-refractivity contribution in [1.82, 2.24) is 4.98 Å². The van der Waals surface area contributed by atoms with Crippen molar-refractivity contribution in [3.05, 3.63) is 125 Å². The van der Waals surface area contributed by atoms with Crippen molar-refractivity contribution in [3.63, 3.8) is 0 Å². The number of pyridine rings is 1. The summed E-state index contributed by atoms with van der Waals surface area (Å²) in [6, 6.07) is 31.3. The smallest absolute Gasteiger partial charge is 0.144 e. The molecule has 0 saturated carbocycles. The van der Waals surface area contributed by atoms with E-state index in [0.717, 1.165) is 58.7 Å². The number of benzene rings is 4. The van der Waals surface area contributed by atoms with Crippen LogP contribution in [-0.2, 0) is 25.7 Å². The summed E-state index contributed by atoms with van der Waals surface area (Å²) in [7, 11) is 0. The molecule has 2 nitrogen and oxygen atoms in total. The molecule has 0 amide bonds. The maximum absolute atomic E-state index is 8.28. The van der Waals surface area contributed by atoms with Gasteiger partial charge in [0, 0.05) is 26.6 Å². The Morgan fingerprint density at radius 3 is 2.27 bits per heavy atom. The summed E-state index contributed by atoms with van der Waals surface area (Å²) in [6.45, 7) is -2.28. The molecule has 2 heterocycles. The van der Waals surface area contributed by atoms with Crippen LogP contribution in [0.1, 0.15) is 31.9 Å². The second-order valence-electron chi connectivity index (χ2n) is 10.9. The van der Waals surface area contributed by atoms with E-state index in [1.807, 2.05) is 36.4 Å². The predicted molar refractivity (Wildman–Crippen MR) is 151 cm³/mol. The fourth-order valence-corrected chi connectivity index (χ4v) is 6.81. The number of hydrogen-bond donors (Lipinski definition) is 0. The second kappa shape index (κ2) is 7.66. The number of nitrogens with zero attached hydrogens (tertiary/aromatic N) is 1. The summed E-state index contributed by atoms with van der Waals surface area (Å²) >= 11 is 0. The van der Waals surface area contributed by atoms with Crippen LogP contribution in [0.4, 0.5) is 0 Å². The second-order valence-corrected chi connectivity index (χ2v) is 10.9. The maximum Gasteiger partial charge on any atom is 0.144 e. The highest BCUT2D eigenvalue weighted by Gasteiger charge is 2.41. The van der Waals surface area contributed by atoms with Gasteiger partial charge in [0.1, 0.15) is 11.2 Å². The van der Waals surface area contributed by atoms with Crippen LogP contribution < -0.4 is 0 Å². The molecular formula is C35H27NO.